The minimum Gasteiger partial charge on any atom is -0.484 e. The standard InChI is InChI=1S/C31H45Cl2N3O3/c1-2-22-13-16-34-27(31(22)14-9-7-5-3-4-6-8-10-15-31)28(38)36-30-19-29(20-30,21-30)35-26(37)18-39-23-11-12-24(32)25(33)17-23/h11-12,17,22,27,34H,2-10,13-16,18-21H2,1H3,(H,35,37)(H,36,38). The van der Waals surface area contributed by atoms with E-state index < -0.39 is 0 Å². The molecule has 6 rings (SSSR count). The first kappa shape index (κ1) is 29.0. The molecule has 6 nitrogen and oxygen atoms in total. The fourth-order valence-electron chi connectivity index (χ4n) is 8.32. The first-order chi connectivity index (χ1) is 18.8. The van der Waals surface area contributed by atoms with E-state index in [4.69, 9.17) is 27.9 Å². The van der Waals surface area contributed by atoms with Gasteiger partial charge in [0, 0.05) is 17.1 Å². The minimum absolute atomic E-state index is 0.0543. The largest absolute Gasteiger partial charge is 0.484 e. The lowest BCUT2D eigenvalue weighted by Gasteiger charge is -2.70. The van der Waals surface area contributed by atoms with Gasteiger partial charge in [0.25, 0.3) is 5.91 Å². The van der Waals surface area contributed by atoms with Gasteiger partial charge >= 0.3 is 0 Å². The van der Waals surface area contributed by atoms with E-state index in [2.05, 4.69) is 22.9 Å². The predicted octanol–water partition coefficient (Wildman–Crippen LogP) is 6.57. The molecule has 5 aliphatic rings. The van der Waals surface area contributed by atoms with E-state index in [1.165, 1.54) is 57.8 Å². The zero-order valence-corrected chi connectivity index (χ0v) is 24.9. The second-order valence-electron chi connectivity index (χ2n) is 12.8. The molecule has 2 bridgehead atoms. The van der Waals surface area contributed by atoms with Crippen molar-refractivity contribution in [1.82, 2.24) is 16.0 Å². The molecular weight excluding hydrogens is 533 g/mol. The van der Waals surface area contributed by atoms with Crippen molar-refractivity contribution in [3.8, 4) is 5.75 Å². The lowest BCUT2D eigenvalue weighted by molar-refractivity contribution is -0.155. The van der Waals surface area contributed by atoms with Crippen LogP contribution in [0.5, 0.6) is 5.75 Å². The summed E-state index contributed by atoms with van der Waals surface area (Å²) < 4.78 is 5.60. The molecular formula is C31H45Cl2N3O3. The number of halogens is 2. The first-order valence-electron chi connectivity index (χ1n) is 15.2. The summed E-state index contributed by atoms with van der Waals surface area (Å²) in [5, 5.41) is 11.2. The molecule has 2 amide bonds. The summed E-state index contributed by atoms with van der Waals surface area (Å²) in [6.45, 7) is 3.16. The topological polar surface area (TPSA) is 79.5 Å². The van der Waals surface area contributed by atoms with Crippen LogP contribution in [0.3, 0.4) is 0 Å². The van der Waals surface area contributed by atoms with E-state index in [-0.39, 0.29) is 41.0 Å². The number of hydrogen-bond acceptors (Lipinski definition) is 4. The van der Waals surface area contributed by atoms with Crippen LogP contribution in [0.4, 0.5) is 0 Å². The Morgan fingerprint density at radius 2 is 1.54 bits per heavy atom. The third-order valence-corrected chi connectivity index (χ3v) is 10.8. The fourth-order valence-corrected chi connectivity index (χ4v) is 8.61. The Hall–Kier alpha value is -1.50. The normalized spacial score (nSPS) is 32.2. The molecule has 4 saturated carbocycles. The van der Waals surface area contributed by atoms with Gasteiger partial charge in [-0.1, -0.05) is 87.9 Å². The quantitative estimate of drug-likeness (QED) is 0.342. The number of nitrogens with one attached hydrogen (secondary N) is 3. The summed E-state index contributed by atoms with van der Waals surface area (Å²) in [7, 11) is 0. The molecule has 216 valence electrons. The molecule has 39 heavy (non-hydrogen) atoms. The zero-order chi connectivity index (χ0) is 27.5. The van der Waals surface area contributed by atoms with Crippen LogP contribution in [-0.2, 0) is 9.59 Å². The molecule has 3 N–H and O–H groups in total. The Morgan fingerprint density at radius 3 is 2.15 bits per heavy atom. The van der Waals surface area contributed by atoms with Gasteiger partial charge in [-0.15, -0.1) is 0 Å². The maximum absolute atomic E-state index is 13.9. The van der Waals surface area contributed by atoms with E-state index in [1.807, 2.05) is 0 Å². The Morgan fingerprint density at radius 1 is 0.923 bits per heavy atom. The van der Waals surface area contributed by atoms with Gasteiger partial charge in [-0.2, -0.15) is 0 Å². The third-order valence-electron chi connectivity index (χ3n) is 10.1. The molecule has 2 atom stereocenters. The SMILES string of the molecule is CCC1CCNC(C(=O)NC23CC(NC(=O)COc4ccc(Cl)c(Cl)c4)(C2)C3)C12CCCCCCCCCC2. The van der Waals surface area contributed by atoms with Gasteiger partial charge < -0.3 is 20.7 Å². The van der Waals surface area contributed by atoms with Crippen LogP contribution in [-0.4, -0.2) is 42.1 Å². The van der Waals surface area contributed by atoms with Crippen LogP contribution in [0, 0.1) is 11.3 Å². The third kappa shape index (κ3) is 6.23. The first-order valence-corrected chi connectivity index (χ1v) is 16.0. The molecule has 4 aliphatic carbocycles. The Bertz CT molecular complexity index is 1020. The molecule has 1 aliphatic heterocycles. The second kappa shape index (κ2) is 12.2. The van der Waals surface area contributed by atoms with Crippen molar-refractivity contribution >= 4 is 35.0 Å². The fraction of sp³-hybridized carbons (Fsp3) is 0.742. The van der Waals surface area contributed by atoms with Gasteiger partial charge in [0.15, 0.2) is 6.61 Å². The number of carbonyl (C=O) groups is 2. The lowest BCUT2D eigenvalue weighted by atomic mass is 9.44. The number of rotatable bonds is 7. The van der Waals surface area contributed by atoms with E-state index in [9.17, 15) is 9.59 Å². The van der Waals surface area contributed by atoms with Crippen molar-refractivity contribution < 1.29 is 14.3 Å². The molecule has 5 fully saturated rings. The van der Waals surface area contributed by atoms with Gasteiger partial charge in [-0.3, -0.25) is 9.59 Å². The average molecular weight is 579 g/mol. The summed E-state index contributed by atoms with van der Waals surface area (Å²) >= 11 is 12.0. The average Bonchev–Trinajstić information content (AvgIpc) is 2.93. The maximum Gasteiger partial charge on any atom is 0.258 e. The number of ether oxygens (including phenoxy) is 1. The second-order valence-corrected chi connectivity index (χ2v) is 13.6. The van der Waals surface area contributed by atoms with Gasteiger partial charge in [-0.05, 0) is 68.5 Å². The molecule has 2 unspecified atom stereocenters. The summed E-state index contributed by atoms with van der Waals surface area (Å²) in [6.07, 6.45) is 17.4. The highest BCUT2D eigenvalue weighted by atomic mass is 35.5. The monoisotopic (exact) mass is 577 g/mol. The van der Waals surface area contributed by atoms with Crippen LogP contribution < -0.4 is 20.7 Å². The highest BCUT2D eigenvalue weighted by molar-refractivity contribution is 6.42. The van der Waals surface area contributed by atoms with Crippen molar-refractivity contribution in [2.45, 2.75) is 120 Å². The Balaban J connectivity index is 1.16. The van der Waals surface area contributed by atoms with Crippen LogP contribution in [0.25, 0.3) is 0 Å². The van der Waals surface area contributed by atoms with E-state index in [0.717, 1.165) is 45.1 Å². The van der Waals surface area contributed by atoms with Crippen LogP contribution in [0.15, 0.2) is 18.2 Å². The molecule has 0 radical (unpaired) electrons. The highest BCUT2D eigenvalue weighted by Gasteiger charge is 2.69. The Kier molecular flexibility index (Phi) is 9.05. The number of piperidine rings is 1. The van der Waals surface area contributed by atoms with Crippen LogP contribution in [0.1, 0.15) is 103 Å². The van der Waals surface area contributed by atoms with Crippen LogP contribution in [0.2, 0.25) is 10.0 Å². The van der Waals surface area contributed by atoms with Crippen molar-refractivity contribution in [3.05, 3.63) is 28.2 Å². The van der Waals surface area contributed by atoms with E-state index >= 15 is 0 Å². The van der Waals surface area contributed by atoms with E-state index in [0.29, 0.717) is 21.7 Å². The van der Waals surface area contributed by atoms with Crippen molar-refractivity contribution in [3.63, 3.8) is 0 Å². The predicted molar refractivity (Wildman–Crippen MR) is 156 cm³/mol. The zero-order valence-electron chi connectivity index (χ0n) is 23.4. The summed E-state index contributed by atoms with van der Waals surface area (Å²) in [5.74, 6) is 1.14. The van der Waals surface area contributed by atoms with Crippen molar-refractivity contribution in [2.24, 2.45) is 11.3 Å². The molecule has 1 aromatic carbocycles. The molecule has 8 heteroatoms. The maximum atomic E-state index is 13.9. The van der Waals surface area contributed by atoms with Crippen molar-refractivity contribution in [1.29, 1.82) is 0 Å². The Labute approximate surface area is 243 Å². The van der Waals surface area contributed by atoms with Crippen LogP contribution >= 0.6 is 23.2 Å². The molecule has 1 heterocycles. The number of amides is 2. The molecule has 1 spiro atoms. The lowest BCUT2D eigenvalue weighted by Crippen LogP contribution is -2.84. The van der Waals surface area contributed by atoms with Gasteiger partial charge in [0.05, 0.1) is 16.1 Å². The minimum atomic E-state index is -0.219. The number of hydrogen-bond donors (Lipinski definition) is 3. The van der Waals surface area contributed by atoms with E-state index in [1.54, 1.807) is 18.2 Å². The molecule has 1 saturated heterocycles. The molecule has 1 aromatic rings. The summed E-state index contributed by atoms with van der Waals surface area (Å²) in [5.41, 5.74) is -0.340. The number of carbonyl (C=O) groups excluding carboxylic acids is 2. The van der Waals surface area contributed by atoms with Gasteiger partial charge in [-0.25, -0.2) is 0 Å². The smallest absolute Gasteiger partial charge is 0.258 e. The van der Waals surface area contributed by atoms with Gasteiger partial charge in [0.1, 0.15) is 5.75 Å². The van der Waals surface area contributed by atoms with Crippen molar-refractivity contribution in [2.75, 3.05) is 13.2 Å². The summed E-state index contributed by atoms with van der Waals surface area (Å²) in [4.78, 5) is 26.5. The summed E-state index contributed by atoms with van der Waals surface area (Å²) in [6, 6.07) is 4.85. The number of benzene rings is 1. The molecule has 0 aromatic heterocycles. The highest BCUT2D eigenvalue weighted by Crippen LogP contribution is 2.60. The van der Waals surface area contributed by atoms with Gasteiger partial charge in [0.2, 0.25) is 5.91 Å².